The summed E-state index contributed by atoms with van der Waals surface area (Å²) in [4.78, 5) is 11.3. The quantitative estimate of drug-likeness (QED) is 0.622. The van der Waals surface area contributed by atoms with E-state index in [9.17, 15) is 4.79 Å². The maximum absolute atomic E-state index is 11.3. The smallest absolute Gasteiger partial charge is 0.221 e. The van der Waals surface area contributed by atoms with E-state index in [4.69, 9.17) is 12.2 Å². The Labute approximate surface area is 80.1 Å². The molecule has 0 aromatic heterocycles. The van der Waals surface area contributed by atoms with Gasteiger partial charge in [-0.25, -0.2) is 0 Å². The first-order valence-electron chi connectivity index (χ1n) is 4.40. The van der Waals surface area contributed by atoms with Gasteiger partial charge in [0.25, 0.3) is 0 Å². The minimum atomic E-state index is -0.564. The van der Waals surface area contributed by atoms with E-state index in [1.165, 1.54) is 0 Å². The summed E-state index contributed by atoms with van der Waals surface area (Å²) in [5, 5.41) is 2.74. The molecule has 0 rings (SSSR count). The van der Waals surface area contributed by atoms with Gasteiger partial charge in [-0.1, -0.05) is 12.8 Å². The number of hydrogen-bond donors (Lipinski definition) is 2. The maximum Gasteiger partial charge on any atom is 0.221 e. The van der Waals surface area contributed by atoms with Crippen LogP contribution in [0.3, 0.4) is 0 Å². The zero-order valence-electron chi connectivity index (χ0n) is 8.55. The van der Waals surface area contributed by atoms with Crippen molar-refractivity contribution in [2.24, 2.45) is 11.7 Å². The molecular formula is C10H18N2O. The molecule has 3 N–H and O–H groups in total. The van der Waals surface area contributed by atoms with Gasteiger partial charge in [0.15, 0.2) is 0 Å². The Hall–Kier alpha value is -1.01. The molecule has 0 bridgehead atoms. The van der Waals surface area contributed by atoms with Gasteiger partial charge in [0.2, 0.25) is 5.91 Å². The van der Waals surface area contributed by atoms with Gasteiger partial charge in [-0.2, -0.15) is 0 Å². The predicted molar refractivity (Wildman–Crippen MR) is 53.9 cm³/mol. The number of carbonyl (C=O) groups is 1. The molecule has 1 amide bonds. The van der Waals surface area contributed by atoms with Crippen LogP contribution in [0.1, 0.15) is 27.2 Å². The van der Waals surface area contributed by atoms with Crippen molar-refractivity contribution < 1.29 is 4.79 Å². The molecule has 0 saturated heterocycles. The molecule has 0 aliphatic carbocycles. The summed E-state index contributed by atoms with van der Waals surface area (Å²) < 4.78 is 0. The van der Waals surface area contributed by atoms with Crippen molar-refractivity contribution >= 4 is 5.91 Å². The average Bonchev–Trinajstić information content (AvgIpc) is 2.03. The summed E-state index contributed by atoms with van der Waals surface area (Å²) in [6, 6.07) is 0. The van der Waals surface area contributed by atoms with Gasteiger partial charge in [0.1, 0.15) is 0 Å². The molecule has 1 atom stereocenters. The molecule has 0 fully saturated rings. The first-order valence-corrected chi connectivity index (χ1v) is 4.40. The highest BCUT2D eigenvalue weighted by molar-refractivity contribution is 5.77. The Morgan fingerprint density at radius 1 is 1.69 bits per heavy atom. The fraction of sp³-hybridized carbons (Fsp3) is 0.700. The highest BCUT2D eigenvalue weighted by Gasteiger charge is 2.17. The number of nitrogens with one attached hydrogen (secondary N) is 1. The van der Waals surface area contributed by atoms with Crippen LogP contribution in [0.4, 0.5) is 0 Å². The van der Waals surface area contributed by atoms with Crippen LogP contribution < -0.4 is 11.1 Å². The van der Waals surface area contributed by atoms with E-state index >= 15 is 0 Å². The third-order valence-corrected chi connectivity index (χ3v) is 1.75. The largest absolute Gasteiger partial charge is 0.340 e. The van der Waals surface area contributed by atoms with Crippen LogP contribution in [-0.4, -0.2) is 18.0 Å². The number of terminal acetylenes is 1. The number of amides is 1. The van der Waals surface area contributed by atoms with Crippen molar-refractivity contribution in [3.63, 3.8) is 0 Å². The fourth-order valence-electron chi connectivity index (χ4n) is 0.835. The number of hydrogen-bond acceptors (Lipinski definition) is 2. The van der Waals surface area contributed by atoms with Gasteiger partial charge in [0, 0.05) is 6.42 Å². The second-order valence-electron chi connectivity index (χ2n) is 3.86. The molecule has 3 nitrogen and oxygen atoms in total. The molecule has 0 aliphatic heterocycles. The Bertz CT molecular complexity index is 215. The van der Waals surface area contributed by atoms with Crippen molar-refractivity contribution in [3.8, 4) is 12.3 Å². The van der Waals surface area contributed by atoms with Crippen LogP contribution in [0.5, 0.6) is 0 Å². The predicted octanol–water partition coefficient (Wildman–Crippen LogP) is 0.499. The van der Waals surface area contributed by atoms with Crippen molar-refractivity contribution in [1.82, 2.24) is 5.32 Å². The SMILES string of the molecule is C#CC(C)(C)NC(=O)CC(C)CN. The molecule has 0 radical (unpaired) electrons. The first kappa shape index (κ1) is 12.0. The van der Waals surface area contributed by atoms with Crippen LogP contribution in [-0.2, 0) is 4.79 Å². The Balaban J connectivity index is 3.97. The molecule has 0 aliphatic rings. The third-order valence-electron chi connectivity index (χ3n) is 1.75. The average molecular weight is 182 g/mol. The van der Waals surface area contributed by atoms with Crippen LogP contribution in [0.2, 0.25) is 0 Å². The molecule has 0 saturated carbocycles. The second-order valence-corrected chi connectivity index (χ2v) is 3.86. The summed E-state index contributed by atoms with van der Waals surface area (Å²) in [5.41, 5.74) is 4.83. The first-order chi connectivity index (χ1) is 5.91. The summed E-state index contributed by atoms with van der Waals surface area (Å²) in [6.45, 7) is 6.03. The van der Waals surface area contributed by atoms with Gasteiger partial charge >= 0.3 is 0 Å². The van der Waals surface area contributed by atoms with Crippen molar-refractivity contribution in [3.05, 3.63) is 0 Å². The zero-order chi connectivity index (χ0) is 10.5. The summed E-state index contributed by atoms with van der Waals surface area (Å²) in [5.74, 6) is 2.66. The molecule has 13 heavy (non-hydrogen) atoms. The minimum Gasteiger partial charge on any atom is -0.340 e. The van der Waals surface area contributed by atoms with E-state index < -0.39 is 5.54 Å². The number of carbonyl (C=O) groups excluding carboxylic acids is 1. The molecule has 0 aromatic rings. The van der Waals surface area contributed by atoms with Crippen molar-refractivity contribution in [2.75, 3.05) is 6.54 Å². The molecule has 74 valence electrons. The Morgan fingerprint density at radius 2 is 2.23 bits per heavy atom. The lowest BCUT2D eigenvalue weighted by Gasteiger charge is -2.20. The van der Waals surface area contributed by atoms with Crippen molar-refractivity contribution in [2.45, 2.75) is 32.7 Å². The van der Waals surface area contributed by atoms with E-state index in [0.29, 0.717) is 13.0 Å². The van der Waals surface area contributed by atoms with E-state index in [1.807, 2.05) is 6.92 Å². The monoisotopic (exact) mass is 182 g/mol. The van der Waals surface area contributed by atoms with Crippen LogP contribution in [0, 0.1) is 18.3 Å². The summed E-state index contributed by atoms with van der Waals surface area (Å²) in [7, 11) is 0. The number of rotatable bonds is 4. The van der Waals surface area contributed by atoms with Crippen molar-refractivity contribution in [1.29, 1.82) is 0 Å². The van der Waals surface area contributed by atoms with E-state index in [0.717, 1.165) is 0 Å². The van der Waals surface area contributed by atoms with E-state index in [-0.39, 0.29) is 11.8 Å². The van der Waals surface area contributed by atoms with E-state index in [1.54, 1.807) is 13.8 Å². The fourth-order valence-corrected chi connectivity index (χ4v) is 0.835. The summed E-state index contributed by atoms with van der Waals surface area (Å²) >= 11 is 0. The van der Waals surface area contributed by atoms with Gasteiger partial charge < -0.3 is 11.1 Å². The molecule has 0 heterocycles. The van der Waals surface area contributed by atoms with Gasteiger partial charge in [-0.05, 0) is 26.3 Å². The van der Waals surface area contributed by atoms with Crippen LogP contribution in [0.25, 0.3) is 0 Å². The lowest BCUT2D eigenvalue weighted by molar-refractivity contribution is -0.122. The topological polar surface area (TPSA) is 55.1 Å². The maximum atomic E-state index is 11.3. The van der Waals surface area contributed by atoms with Gasteiger partial charge in [-0.15, -0.1) is 6.42 Å². The van der Waals surface area contributed by atoms with Gasteiger partial charge in [-0.3, -0.25) is 4.79 Å². The molecule has 0 aromatic carbocycles. The summed E-state index contributed by atoms with van der Waals surface area (Å²) in [6.07, 6.45) is 5.66. The molecular weight excluding hydrogens is 164 g/mol. The molecule has 3 heteroatoms. The Morgan fingerprint density at radius 3 is 2.62 bits per heavy atom. The third kappa shape index (κ3) is 5.26. The lowest BCUT2D eigenvalue weighted by Crippen LogP contribution is -2.42. The highest BCUT2D eigenvalue weighted by Crippen LogP contribution is 2.03. The van der Waals surface area contributed by atoms with E-state index in [2.05, 4.69) is 11.2 Å². The zero-order valence-corrected chi connectivity index (χ0v) is 8.55. The van der Waals surface area contributed by atoms with Gasteiger partial charge in [0.05, 0.1) is 5.54 Å². The number of nitrogens with two attached hydrogens (primary N) is 1. The van der Waals surface area contributed by atoms with Crippen LogP contribution in [0.15, 0.2) is 0 Å². The second kappa shape index (κ2) is 4.88. The highest BCUT2D eigenvalue weighted by atomic mass is 16.1. The molecule has 0 spiro atoms. The van der Waals surface area contributed by atoms with Crippen LogP contribution >= 0.6 is 0 Å². The molecule has 1 unspecified atom stereocenters. The lowest BCUT2D eigenvalue weighted by atomic mass is 10.0. The normalized spacial score (nSPS) is 13.2. The Kier molecular flexibility index (Phi) is 4.50. The standard InChI is InChI=1S/C10H18N2O/c1-5-10(3,4)12-9(13)6-8(2)7-11/h1,8H,6-7,11H2,2-4H3,(H,12,13). The minimum absolute atomic E-state index is 0.0408.